The maximum Gasteiger partial charge on any atom is 0.250 e. The number of aromatic nitrogens is 1. The van der Waals surface area contributed by atoms with E-state index in [0.29, 0.717) is 16.5 Å². The van der Waals surface area contributed by atoms with Crippen molar-refractivity contribution in [2.45, 2.75) is 36.8 Å². The van der Waals surface area contributed by atoms with Crippen LogP contribution >= 0.6 is 11.3 Å². The summed E-state index contributed by atoms with van der Waals surface area (Å²) in [6.07, 6.45) is 4.13. The Bertz CT molecular complexity index is 761. The molecular weight excluding hydrogens is 346 g/mol. The molecule has 0 radical (unpaired) electrons. The molecule has 0 spiro atoms. The molecule has 3 rings (SSSR count). The van der Waals surface area contributed by atoms with Gasteiger partial charge in [-0.2, -0.15) is 0 Å². The molecule has 0 amide bonds. The third kappa shape index (κ3) is 4.24. The predicted molar refractivity (Wildman–Crippen MR) is 94.7 cm³/mol. The molecule has 6 nitrogen and oxygen atoms in total. The van der Waals surface area contributed by atoms with Crippen molar-refractivity contribution in [3.63, 3.8) is 0 Å². The number of nitrogens with one attached hydrogen (secondary N) is 1. The minimum Gasteiger partial charge on any atom is -0.356 e. The van der Waals surface area contributed by atoms with Gasteiger partial charge in [-0.1, -0.05) is 12.1 Å². The van der Waals surface area contributed by atoms with Crippen molar-refractivity contribution in [2.75, 3.05) is 26.2 Å². The third-order valence-electron chi connectivity index (χ3n) is 4.19. The number of nitrogens with zero attached hydrogens (tertiary/aromatic N) is 2. The molecule has 132 valence electrons. The Morgan fingerprint density at radius 1 is 1.33 bits per heavy atom. The van der Waals surface area contributed by atoms with Crippen LogP contribution in [0.5, 0.6) is 0 Å². The van der Waals surface area contributed by atoms with Gasteiger partial charge in [0.05, 0.1) is 5.69 Å². The van der Waals surface area contributed by atoms with E-state index < -0.39 is 10.0 Å². The Labute approximate surface area is 146 Å². The molecule has 1 fully saturated rings. The van der Waals surface area contributed by atoms with Gasteiger partial charge in [0.15, 0.2) is 5.76 Å². The van der Waals surface area contributed by atoms with E-state index in [4.69, 9.17) is 4.52 Å². The van der Waals surface area contributed by atoms with Gasteiger partial charge in [0.1, 0.15) is 4.21 Å². The van der Waals surface area contributed by atoms with E-state index >= 15 is 0 Å². The first-order valence-electron chi connectivity index (χ1n) is 8.35. The molecule has 0 unspecified atom stereocenters. The Balaban J connectivity index is 1.56. The van der Waals surface area contributed by atoms with Crippen LogP contribution in [-0.4, -0.2) is 44.7 Å². The normalized spacial score (nSPS) is 16.0. The largest absolute Gasteiger partial charge is 0.356 e. The zero-order valence-corrected chi connectivity index (χ0v) is 15.5. The summed E-state index contributed by atoms with van der Waals surface area (Å²) >= 11 is 1.20. The van der Waals surface area contributed by atoms with Crippen LogP contribution in [0.4, 0.5) is 0 Å². The summed E-state index contributed by atoms with van der Waals surface area (Å²) in [4.78, 5) is 2.38. The summed E-state index contributed by atoms with van der Waals surface area (Å²) in [6.45, 7) is 5.69. The fraction of sp³-hybridized carbons (Fsp3) is 0.562. The van der Waals surface area contributed by atoms with E-state index in [9.17, 15) is 8.42 Å². The van der Waals surface area contributed by atoms with Gasteiger partial charge < -0.3 is 9.42 Å². The van der Waals surface area contributed by atoms with Crippen molar-refractivity contribution in [2.24, 2.45) is 0 Å². The van der Waals surface area contributed by atoms with Gasteiger partial charge >= 0.3 is 0 Å². The number of likely N-dealkylation sites (tertiary alicyclic amines) is 1. The number of hydrogen-bond acceptors (Lipinski definition) is 6. The molecule has 8 heteroatoms. The molecule has 2 aromatic heterocycles. The number of sulfonamides is 1. The molecule has 1 saturated heterocycles. The van der Waals surface area contributed by atoms with Crippen molar-refractivity contribution >= 4 is 21.4 Å². The molecule has 1 aliphatic heterocycles. The minimum atomic E-state index is -3.45. The van der Waals surface area contributed by atoms with E-state index in [1.807, 2.05) is 13.0 Å². The number of rotatable bonds is 8. The Morgan fingerprint density at radius 2 is 2.12 bits per heavy atom. The Morgan fingerprint density at radius 3 is 2.83 bits per heavy atom. The van der Waals surface area contributed by atoms with Crippen LogP contribution in [0.1, 0.15) is 31.9 Å². The predicted octanol–water partition coefficient (Wildman–Crippen LogP) is 2.73. The molecule has 0 atom stereocenters. The highest BCUT2D eigenvalue weighted by Gasteiger charge is 2.19. The maximum atomic E-state index is 12.4. The van der Waals surface area contributed by atoms with Crippen LogP contribution in [0.25, 0.3) is 11.3 Å². The van der Waals surface area contributed by atoms with E-state index in [-0.39, 0.29) is 0 Å². The summed E-state index contributed by atoms with van der Waals surface area (Å²) in [5.41, 5.74) is 1.62. The Kier molecular flexibility index (Phi) is 5.70. The van der Waals surface area contributed by atoms with Crippen molar-refractivity contribution < 1.29 is 12.9 Å². The smallest absolute Gasteiger partial charge is 0.250 e. The van der Waals surface area contributed by atoms with Crippen LogP contribution in [-0.2, 0) is 16.4 Å². The fourth-order valence-corrected chi connectivity index (χ4v) is 5.08. The average molecular weight is 370 g/mol. The molecule has 2 aromatic rings. The zero-order valence-electron chi connectivity index (χ0n) is 13.8. The van der Waals surface area contributed by atoms with Gasteiger partial charge in [-0.25, -0.2) is 13.1 Å². The SMILES string of the molecule is CCc1cc(-c2csc(S(=O)(=O)NCCCN3CCCC3)c2)on1. The first-order chi connectivity index (χ1) is 11.6. The first kappa shape index (κ1) is 17.6. The summed E-state index contributed by atoms with van der Waals surface area (Å²) in [7, 11) is -3.45. The quantitative estimate of drug-likeness (QED) is 0.724. The first-order valence-corrected chi connectivity index (χ1v) is 10.7. The highest BCUT2D eigenvalue weighted by molar-refractivity contribution is 7.91. The lowest BCUT2D eigenvalue weighted by Crippen LogP contribution is -2.28. The molecule has 24 heavy (non-hydrogen) atoms. The number of aryl methyl sites for hydroxylation is 1. The van der Waals surface area contributed by atoms with Crippen molar-refractivity contribution in [3.05, 3.63) is 23.2 Å². The summed E-state index contributed by atoms with van der Waals surface area (Å²) < 4.78 is 33.0. The van der Waals surface area contributed by atoms with Gasteiger partial charge in [0.2, 0.25) is 10.0 Å². The second-order valence-corrected chi connectivity index (χ2v) is 8.90. The highest BCUT2D eigenvalue weighted by atomic mass is 32.2. The van der Waals surface area contributed by atoms with Crippen molar-refractivity contribution in [3.8, 4) is 11.3 Å². The van der Waals surface area contributed by atoms with E-state index in [1.165, 1.54) is 24.2 Å². The summed E-state index contributed by atoms with van der Waals surface area (Å²) in [5.74, 6) is 0.610. The van der Waals surface area contributed by atoms with Crippen LogP contribution in [0, 0.1) is 0 Å². The zero-order chi connectivity index (χ0) is 17.0. The molecule has 0 bridgehead atoms. The molecule has 3 heterocycles. The van der Waals surface area contributed by atoms with Crippen LogP contribution in [0.3, 0.4) is 0 Å². The molecular formula is C16H23N3O3S2. The van der Waals surface area contributed by atoms with E-state index in [1.54, 1.807) is 11.4 Å². The highest BCUT2D eigenvalue weighted by Crippen LogP contribution is 2.29. The average Bonchev–Trinajstić information content (AvgIpc) is 3.32. The Hall–Kier alpha value is -1.22. The van der Waals surface area contributed by atoms with Crippen LogP contribution in [0.15, 0.2) is 26.2 Å². The van der Waals surface area contributed by atoms with Gasteiger partial charge in [-0.15, -0.1) is 11.3 Å². The molecule has 0 aromatic carbocycles. The fourth-order valence-electron chi connectivity index (χ4n) is 2.79. The van der Waals surface area contributed by atoms with Gasteiger partial charge in [-0.05, 0) is 51.4 Å². The molecule has 0 saturated carbocycles. The maximum absolute atomic E-state index is 12.4. The standard InChI is InChI=1S/C16H23N3O3S2/c1-2-14-11-15(22-18-14)13-10-16(23-12-13)24(20,21)17-6-5-9-19-7-3-4-8-19/h10-12,17H,2-9H2,1H3. The lowest BCUT2D eigenvalue weighted by atomic mass is 10.2. The van der Waals surface area contributed by atoms with Crippen molar-refractivity contribution in [1.82, 2.24) is 14.8 Å². The summed E-state index contributed by atoms with van der Waals surface area (Å²) in [5, 5.41) is 5.73. The van der Waals surface area contributed by atoms with Crippen molar-refractivity contribution in [1.29, 1.82) is 0 Å². The number of hydrogen-bond donors (Lipinski definition) is 1. The minimum absolute atomic E-state index is 0.313. The van der Waals surface area contributed by atoms with Gasteiger partial charge in [0, 0.05) is 23.6 Å². The molecule has 1 aliphatic rings. The monoisotopic (exact) mass is 369 g/mol. The van der Waals surface area contributed by atoms with Crippen LogP contribution < -0.4 is 4.72 Å². The van der Waals surface area contributed by atoms with Crippen LogP contribution in [0.2, 0.25) is 0 Å². The summed E-state index contributed by atoms with van der Waals surface area (Å²) in [6, 6.07) is 3.50. The van der Waals surface area contributed by atoms with E-state index in [2.05, 4.69) is 14.8 Å². The lowest BCUT2D eigenvalue weighted by Gasteiger charge is -2.14. The topological polar surface area (TPSA) is 75.4 Å². The van der Waals surface area contributed by atoms with Gasteiger partial charge in [-0.3, -0.25) is 0 Å². The second-order valence-electron chi connectivity index (χ2n) is 5.99. The van der Waals surface area contributed by atoms with E-state index in [0.717, 1.165) is 43.7 Å². The third-order valence-corrected chi connectivity index (χ3v) is 7.09. The number of thiophene rings is 1. The lowest BCUT2D eigenvalue weighted by molar-refractivity contribution is 0.334. The molecule has 1 N–H and O–H groups in total. The molecule has 0 aliphatic carbocycles. The second kappa shape index (κ2) is 7.77. The van der Waals surface area contributed by atoms with Gasteiger partial charge in [0.25, 0.3) is 0 Å².